The highest BCUT2D eigenvalue weighted by molar-refractivity contribution is 5.86. The molecule has 2 rings (SSSR count). The number of furan rings is 1. The van der Waals surface area contributed by atoms with E-state index < -0.39 is 5.97 Å². The molecule has 0 radical (unpaired) electrons. The molecular formula is C14H14O4. The lowest BCUT2D eigenvalue weighted by atomic mass is 10.2. The topological polar surface area (TPSA) is 48.7 Å². The van der Waals surface area contributed by atoms with E-state index >= 15 is 0 Å². The number of aryl methyl sites for hydroxylation is 1. The number of carbonyl (C=O) groups is 1. The average Bonchev–Trinajstić information content (AvgIpc) is 2.86. The molecule has 1 heterocycles. The van der Waals surface area contributed by atoms with Crippen LogP contribution in [0.25, 0.3) is 0 Å². The van der Waals surface area contributed by atoms with Crippen molar-refractivity contribution in [3.8, 4) is 11.7 Å². The van der Waals surface area contributed by atoms with Crippen molar-refractivity contribution in [2.75, 3.05) is 7.11 Å². The van der Waals surface area contributed by atoms with Gasteiger partial charge in [-0.2, -0.15) is 0 Å². The van der Waals surface area contributed by atoms with Gasteiger partial charge in [-0.1, -0.05) is 19.1 Å². The van der Waals surface area contributed by atoms with Crippen molar-refractivity contribution >= 4 is 5.97 Å². The number of ether oxygens (including phenoxy) is 2. The average molecular weight is 246 g/mol. The number of esters is 1. The van der Waals surface area contributed by atoms with Gasteiger partial charge in [0.1, 0.15) is 5.75 Å². The van der Waals surface area contributed by atoms with Crippen LogP contribution in [0.1, 0.15) is 23.0 Å². The standard InChI is InChI=1S/C14H14O4/c1-3-10-5-4-6-11(9-10)17-13-8-7-12(18-13)14(15)16-2/h4-9H,3H2,1-2H3. The second-order valence-corrected chi connectivity index (χ2v) is 3.71. The first kappa shape index (κ1) is 12.2. The minimum Gasteiger partial charge on any atom is -0.463 e. The third-order valence-electron chi connectivity index (χ3n) is 2.49. The Kier molecular flexibility index (Phi) is 3.67. The SMILES string of the molecule is CCc1cccc(Oc2ccc(C(=O)OC)o2)c1. The van der Waals surface area contributed by atoms with Gasteiger partial charge in [-0.15, -0.1) is 0 Å². The molecule has 4 nitrogen and oxygen atoms in total. The maximum Gasteiger partial charge on any atom is 0.374 e. The minimum absolute atomic E-state index is 0.124. The smallest absolute Gasteiger partial charge is 0.374 e. The van der Waals surface area contributed by atoms with E-state index in [1.165, 1.54) is 18.7 Å². The molecule has 2 aromatic rings. The highest BCUT2D eigenvalue weighted by atomic mass is 16.6. The molecule has 1 aromatic carbocycles. The van der Waals surface area contributed by atoms with Gasteiger partial charge in [-0.25, -0.2) is 4.79 Å². The van der Waals surface area contributed by atoms with Gasteiger partial charge in [0.05, 0.1) is 7.11 Å². The Balaban J connectivity index is 2.13. The number of rotatable bonds is 4. The van der Waals surface area contributed by atoms with Gasteiger partial charge < -0.3 is 13.9 Å². The Hall–Kier alpha value is -2.23. The van der Waals surface area contributed by atoms with Gasteiger partial charge in [0.15, 0.2) is 0 Å². The Morgan fingerprint density at radius 2 is 2.11 bits per heavy atom. The highest BCUT2D eigenvalue weighted by Crippen LogP contribution is 2.24. The van der Waals surface area contributed by atoms with Crippen molar-refractivity contribution in [1.29, 1.82) is 0 Å². The van der Waals surface area contributed by atoms with Crippen molar-refractivity contribution in [3.63, 3.8) is 0 Å². The normalized spacial score (nSPS) is 10.1. The fraction of sp³-hybridized carbons (Fsp3) is 0.214. The highest BCUT2D eigenvalue weighted by Gasteiger charge is 2.12. The summed E-state index contributed by atoms with van der Waals surface area (Å²) in [4.78, 5) is 11.2. The molecule has 0 bridgehead atoms. The van der Waals surface area contributed by atoms with Crippen LogP contribution in [-0.2, 0) is 11.2 Å². The molecule has 0 spiro atoms. The summed E-state index contributed by atoms with van der Waals surface area (Å²) < 4.78 is 15.3. The zero-order valence-electron chi connectivity index (χ0n) is 10.3. The van der Waals surface area contributed by atoms with Gasteiger partial charge >= 0.3 is 5.97 Å². The number of carbonyl (C=O) groups excluding carboxylic acids is 1. The Bertz CT molecular complexity index is 542. The summed E-state index contributed by atoms with van der Waals surface area (Å²) in [6, 6.07) is 10.8. The van der Waals surface area contributed by atoms with Crippen LogP contribution in [0.5, 0.6) is 11.7 Å². The molecule has 0 saturated carbocycles. The van der Waals surface area contributed by atoms with Gasteiger partial charge in [-0.05, 0) is 30.2 Å². The van der Waals surface area contributed by atoms with E-state index in [9.17, 15) is 4.79 Å². The van der Waals surface area contributed by atoms with E-state index in [0.717, 1.165) is 6.42 Å². The molecule has 0 unspecified atom stereocenters. The van der Waals surface area contributed by atoms with Gasteiger partial charge in [0, 0.05) is 6.07 Å². The quantitative estimate of drug-likeness (QED) is 0.775. The lowest BCUT2D eigenvalue weighted by Gasteiger charge is -2.03. The van der Waals surface area contributed by atoms with Crippen molar-refractivity contribution in [2.24, 2.45) is 0 Å². The van der Waals surface area contributed by atoms with Crippen LogP contribution in [0.15, 0.2) is 40.8 Å². The third-order valence-corrected chi connectivity index (χ3v) is 2.49. The first-order chi connectivity index (χ1) is 8.72. The predicted molar refractivity (Wildman–Crippen MR) is 65.9 cm³/mol. The molecule has 0 aliphatic rings. The molecule has 0 aliphatic carbocycles. The summed E-state index contributed by atoms with van der Waals surface area (Å²) in [5.41, 5.74) is 1.17. The second-order valence-electron chi connectivity index (χ2n) is 3.71. The second kappa shape index (κ2) is 5.40. The minimum atomic E-state index is -0.521. The third kappa shape index (κ3) is 2.71. The van der Waals surface area contributed by atoms with E-state index in [1.807, 2.05) is 24.3 Å². The molecule has 4 heteroatoms. The van der Waals surface area contributed by atoms with E-state index in [1.54, 1.807) is 6.07 Å². The summed E-state index contributed by atoms with van der Waals surface area (Å²) >= 11 is 0. The molecule has 18 heavy (non-hydrogen) atoms. The van der Waals surface area contributed by atoms with Crippen LogP contribution in [0.3, 0.4) is 0 Å². The van der Waals surface area contributed by atoms with Crippen molar-refractivity contribution in [3.05, 3.63) is 47.7 Å². The molecule has 94 valence electrons. The van der Waals surface area contributed by atoms with Crippen LogP contribution in [0.2, 0.25) is 0 Å². The monoisotopic (exact) mass is 246 g/mol. The first-order valence-electron chi connectivity index (χ1n) is 5.68. The molecule has 0 N–H and O–H groups in total. The molecular weight excluding hydrogens is 232 g/mol. The number of benzene rings is 1. The number of methoxy groups -OCH3 is 1. The molecule has 1 aromatic heterocycles. The number of hydrogen-bond acceptors (Lipinski definition) is 4. The summed E-state index contributed by atoms with van der Waals surface area (Å²) in [5.74, 6) is 0.551. The molecule has 0 fully saturated rings. The van der Waals surface area contributed by atoms with Crippen LogP contribution < -0.4 is 4.74 Å². The summed E-state index contributed by atoms with van der Waals surface area (Å²) in [6.07, 6.45) is 0.933. The lowest BCUT2D eigenvalue weighted by molar-refractivity contribution is 0.0560. The number of hydrogen-bond donors (Lipinski definition) is 0. The van der Waals surface area contributed by atoms with Gasteiger partial charge in [-0.3, -0.25) is 0 Å². The fourth-order valence-electron chi connectivity index (χ4n) is 1.53. The Morgan fingerprint density at radius 1 is 1.28 bits per heavy atom. The van der Waals surface area contributed by atoms with Crippen LogP contribution >= 0.6 is 0 Å². The van der Waals surface area contributed by atoms with Crippen LogP contribution in [-0.4, -0.2) is 13.1 Å². The van der Waals surface area contributed by atoms with E-state index in [-0.39, 0.29) is 11.7 Å². The maximum absolute atomic E-state index is 11.2. The molecule has 0 aliphatic heterocycles. The first-order valence-corrected chi connectivity index (χ1v) is 5.68. The van der Waals surface area contributed by atoms with Crippen LogP contribution in [0.4, 0.5) is 0 Å². The van der Waals surface area contributed by atoms with Crippen molar-refractivity contribution in [2.45, 2.75) is 13.3 Å². The van der Waals surface area contributed by atoms with E-state index in [4.69, 9.17) is 9.15 Å². The zero-order valence-corrected chi connectivity index (χ0v) is 10.3. The fourth-order valence-corrected chi connectivity index (χ4v) is 1.53. The van der Waals surface area contributed by atoms with Crippen LogP contribution in [0, 0.1) is 0 Å². The predicted octanol–water partition coefficient (Wildman–Crippen LogP) is 3.42. The Morgan fingerprint density at radius 3 is 2.83 bits per heavy atom. The van der Waals surface area contributed by atoms with Gasteiger partial charge in [0.2, 0.25) is 5.76 Å². The van der Waals surface area contributed by atoms with Crippen molar-refractivity contribution < 1.29 is 18.7 Å². The molecule has 0 saturated heterocycles. The largest absolute Gasteiger partial charge is 0.463 e. The van der Waals surface area contributed by atoms with E-state index in [0.29, 0.717) is 5.75 Å². The van der Waals surface area contributed by atoms with Gasteiger partial charge in [0.25, 0.3) is 5.95 Å². The maximum atomic E-state index is 11.2. The molecule has 0 amide bonds. The molecule has 0 atom stereocenters. The lowest BCUT2D eigenvalue weighted by Crippen LogP contribution is -1.98. The van der Waals surface area contributed by atoms with E-state index in [2.05, 4.69) is 11.7 Å². The Labute approximate surface area is 105 Å². The zero-order chi connectivity index (χ0) is 13.0. The summed E-state index contributed by atoms with van der Waals surface area (Å²) in [5, 5.41) is 0. The van der Waals surface area contributed by atoms with Crippen molar-refractivity contribution in [1.82, 2.24) is 0 Å². The summed E-state index contributed by atoms with van der Waals surface area (Å²) in [6.45, 7) is 2.07. The summed E-state index contributed by atoms with van der Waals surface area (Å²) in [7, 11) is 1.30.